The Kier molecular flexibility index (Phi) is 5.31. The van der Waals surface area contributed by atoms with E-state index < -0.39 is 0 Å². The lowest BCUT2D eigenvalue weighted by atomic mass is 10.0. The monoisotopic (exact) mass is 366 g/mol. The summed E-state index contributed by atoms with van der Waals surface area (Å²) in [6.45, 7) is 5.62. The minimum absolute atomic E-state index is 0.136. The molecule has 4 rings (SSSR count). The first kappa shape index (κ1) is 17.9. The Labute approximate surface area is 159 Å². The number of nitrogens with one attached hydrogen (secondary N) is 1. The molecular formula is C20H26N6O. The summed E-state index contributed by atoms with van der Waals surface area (Å²) in [6, 6.07) is 10.6. The van der Waals surface area contributed by atoms with Gasteiger partial charge in [-0.05, 0) is 30.4 Å². The maximum atomic E-state index is 9.71. The number of rotatable bonds is 6. The molecule has 1 aromatic carbocycles. The van der Waals surface area contributed by atoms with Gasteiger partial charge in [0.05, 0.1) is 6.10 Å². The van der Waals surface area contributed by atoms with Crippen molar-refractivity contribution in [1.29, 1.82) is 0 Å². The van der Waals surface area contributed by atoms with Crippen molar-refractivity contribution in [2.24, 2.45) is 0 Å². The van der Waals surface area contributed by atoms with Crippen LogP contribution in [0.5, 0.6) is 0 Å². The van der Waals surface area contributed by atoms with Crippen molar-refractivity contribution in [3.8, 4) is 0 Å². The molecule has 142 valence electrons. The number of hydrogen-bond acceptors (Lipinski definition) is 6. The first-order valence-corrected chi connectivity index (χ1v) is 9.63. The van der Waals surface area contributed by atoms with E-state index in [0.717, 1.165) is 57.0 Å². The van der Waals surface area contributed by atoms with Gasteiger partial charge in [-0.25, -0.2) is 4.98 Å². The standard InChI is InChI=1S/C20H26N6O/c1-2-17-11-19(26-20(24-17)22-14-23-26)21-12-15-5-3-4-6-16(15)13-25-9-7-18(27)8-10-25/h3-6,11,14,18,21,27H,2,7-10,12-13H2,1H3. The second-order valence-corrected chi connectivity index (χ2v) is 7.09. The average Bonchev–Trinajstić information content (AvgIpc) is 3.17. The maximum absolute atomic E-state index is 9.71. The Morgan fingerprint density at radius 2 is 1.96 bits per heavy atom. The van der Waals surface area contributed by atoms with Crippen molar-refractivity contribution >= 4 is 11.6 Å². The molecule has 2 aromatic heterocycles. The van der Waals surface area contributed by atoms with Crippen molar-refractivity contribution in [3.63, 3.8) is 0 Å². The van der Waals surface area contributed by atoms with E-state index in [1.165, 1.54) is 17.5 Å². The minimum atomic E-state index is -0.136. The number of hydrogen-bond donors (Lipinski definition) is 2. The zero-order valence-corrected chi connectivity index (χ0v) is 15.7. The van der Waals surface area contributed by atoms with Crippen LogP contribution in [0.2, 0.25) is 0 Å². The largest absolute Gasteiger partial charge is 0.393 e. The van der Waals surface area contributed by atoms with E-state index in [9.17, 15) is 5.11 Å². The summed E-state index contributed by atoms with van der Waals surface area (Å²) in [5, 5.41) is 17.5. The molecule has 1 saturated heterocycles. The highest BCUT2D eigenvalue weighted by Crippen LogP contribution is 2.18. The SMILES string of the molecule is CCc1cc(NCc2ccccc2CN2CCC(O)CC2)n2ncnc2n1. The maximum Gasteiger partial charge on any atom is 0.254 e. The van der Waals surface area contributed by atoms with Gasteiger partial charge in [-0.15, -0.1) is 0 Å². The smallest absolute Gasteiger partial charge is 0.254 e. The third-order valence-corrected chi connectivity index (χ3v) is 5.20. The van der Waals surface area contributed by atoms with Crippen LogP contribution >= 0.6 is 0 Å². The number of nitrogens with zero attached hydrogens (tertiary/aromatic N) is 5. The molecular weight excluding hydrogens is 340 g/mol. The molecule has 0 radical (unpaired) electrons. The molecule has 3 aromatic rings. The third kappa shape index (κ3) is 4.09. The van der Waals surface area contributed by atoms with Crippen LogP contribution in [-0.2, 0) is 19.5 Å². The van der Waals surface area contributed by atoms with Gasteiger partial charge in [0.2, 0.25) is 0 Å². The van der Waals surface area contributed by atoms with Crippen LogP contribution in [0.25, 0.3) is 5.78 Å². The van der Waals surface area contributed by atoms with E-state index in [1.807, 2.05) is 6.07 Å². The Bertz CT molecular complexity index is 900. The molecule has 0 bridgehead atoms. The van der Waals surface area contributed by atoms with Crippen molar-refractivity contribution < 1.29 is 5.11 Å². The predicted octanol–water partition coefficient (Wildman–Crippen LogP) is 2.26. The van der Waals surface area contributed by atoms with Crippen LogP contribution in [-0.4, -0.2) is 48.8 Å². The molecule has 3 heterocycles. The van der Waals surface area contributed by atoms with Gasteiger partial charge < -0.3 is 10.4 Å². The number of aryl methyl sites for hydroxylation is 1. The number of aliphatic hydroxyl groups is 1. The summed E-state index contributed by atoms with van der Waals surface area (Å²) in [5.41, 5.74) is 3.59. The van der Waals surface area contributed by atoms with E-state index in [4.69, 9.17) is 0 Å². The second-order valence-electron chi connectivity index (χ2n) is 7.09. The lowest BCUT2D eigenvalue weighted by Crippen LogP contribution is -2.35. The van der Waals surface area contributed by atoms with Crippen molar-refractivity contribution in [2.75, 3.05) is 18.4 Å². The van der Waals surface area contributed by atoms with Gasteiger partial charge in [-0.1, -0.05) is 31.2 Å². The minimum Gasteiger partial charge on any atom is -0.393 e. The summed E-state index contributed by atoms with van der Waals surface area (Å²) in [5.74, 6) is 1.53. The van der Waals surface area contributed by atoms with Crippen molar-refractivity contribution in [3.05, 3.63) is 53.5 Å². The number of piperidine rings is 1. The molecule has 1 fully saturated rings. The second kappa shape index (κ2) is 8.02. The van der Waals surface area contributed by atoms with E-state index in [-0.39, 0.29) is 6.10 Å². The fraction of sp³-hybridized carbons (Fsp3) is 0.450. The first-order valence-electron chi connectivity index (χ1n) is 9.63. The predicted molar refractivity (Wildman–Crippen MR) is 104 cm³/mol. The first-order chi connectivity index (χ1) is 13.2. The normalized spacial score (nSPS) is 16.1. The quantitative estimate of drug-likeness (QED) is 0.697. The highest BCUT2D eigenvalue weighted by molar-refractivity contribution is 5.46. The van der Waals surface area contributed by atoms with Gasteiger partial charge in [0.25, 0.3) is 5.78 Å². The van der Waals surface area contributed by atoms with Gasteiger partial charge in [-0.3, -0.25) is 4.90 Å². The number of benzene rings is 1. The topological polar surface area (TPSA) is 78.6 Å². The molecule has 7 heteroatoms. The van der Waals surface area contributed by atoms with Crippen LogP contribution in [0.1, 0.15) is 36.6 Å². The number of aromatic nitrogens is 4. The molecule has 7 nitrogen and oxygen atoms in total. The molecule has 0 saturated carbocycles. The lowest BCUT2D eigenvalue weighted by Gasteiger charge is -2.30. The molecule has 0 atom stereocenters. The van der Waals surface area contributed by atoms with Gasteiger partial charge in [0.1, 0.15) is 12.1 Å². The highest BCUT2D eigenvalue weighted by Gasteiger charge is 2.18. The summed E-state index contributed by atoms with van der Waals surface area (Å²) in [4.78, 5) is 11.1. The molecule has 27 heavy (non-hydrogen) atoms. The Balaban J connectivity index is 1.50. The third-order valence-electron chi connectivity index (χ3n) is 5.20. The van der Waals surface area contributed by atoms with Gasteiger partial charge in [-0.2, -0.15) is 14.6 Å². The summed E-state index contributed by atoms with van der Waals surface area (Å²) in [7, 11) is 0. The zero-order chi connectivity index (χ0) is 18.6. The zero-order valence-electron chi connectivity index (χ0n) is 15.7. The fourth-order valence-electron chi connectivity index (χ4n) is 3.56. The van der Waals surface area contributed by atoms with Crippen LogP contribution in [0.3, 0.4) is 0 Å². The number of aliphatic hydroxyl groups excluding tert-OH is 1. The number of anilines is 1. The summed E-state index contributed by atoms with van der Waals surface area (Å²) in [6.07, 6.45) is 3.98. The average molecular weight is 366 g/mol. The molecule has 0 spiro atoms. The van der Waals surface area contributed by atoms with E-state index in [1.54, 1.807) is 4.52 Å². The number of likely N-dealkylation sites (tertiary alicyclic amines) is 1. The molecule has 0 unspecified atom stereocenters. The molecule has 1 aliphatic heterocycles. The van der Waals surface area contributed by atoms with Gasteiger partial charge in [0, 0.05) is 37.9 Å². The van der Waals surface area contributed by atoms with E-state index >= 15 is 0 Å². The highest BCUT2D eigenvalue weighted by atomic mass is 16.3. The van der Waals surface area contributed by atoms with E-state index in [2.05, 4.69) is 56.5 Å². The lowest BCUT2D eigenvalue weighted by molar-refractivity contribution is 0.0791. The summed E-state index contributed by atoms with van der Waals surface area (Å²) >= 11 is 0. The van der Waals surface area contributed by atoms with Crippen LogP contribution in [0.4, 0.5) is 5.82 Å². The van der Waals surface area contributed by atoms with Crippen molar-refractivity contribution in [1.82, 2.24) is 24.5 Å². The van der Waals surface area contributed by atoms with Crippen LogP contribution < -0.4 is 5.32 Å². The van der Waals surface area contributed by atoms with Crippen LogP contribution in [0, 0.1) is 0 Å². The Hall–Kier alpha value is -2.51. The Morgan fingerprint density at radius 1 is 1.19 bits per heavy atom. The fourth-order valence-corrected chi connectivity index (χ4v) is 3.56. The van der Waals surface area contributed by atoms with Gasteiger partial charge in [0.15, 0.2) is 0 Å². The molecule has 2 N–H and O–H groups in total. The van der Waals surface area contributed by atoms with Crippen LogP contribution in [0.15, 0.2) is 36.7 Å². The number of fused-ring (bicyclic) bond motifs is 1. The molecule has 0 amide bonds. The Morgan fingerprint density at radius 3 is 2.74 bits per heavy atom. The molecule has 0 aliphatic carbocycles. The van der Waals surface area contributed by atoms with E-state index in [0.29, 0.717) is 5.78 Å². The van der Waals surface area contributed by atoms with Crippen molar-refractivity contribution in [2.45, 2.75) is 45.4 Å². The molecule has 1 aliphatic rings. The summed E-state index contributed by atoms with van der Waals surface area (Å²) < 4.78 is 1.74. The van der Waals surface area contributed by atoms with Gasteiger partial charge >= 0.3 is 0 Å².